The van der Waals surface area contributed by atoms with Crippen LogP contribution < -0.4 is 10.6 Å². The number of aryl methyl sites for hydroxylation is 1. The zero-order valence-corrected chi connectivity index (χ0v) is 24.0. The largest absolute Gasteiger partial charge is 0.444 e. The lowest BCUT2D eigenvalue weighted by molar-refractivity contribution is -0.143. The topological polar surface area (TPSA) is 87.7 Å². The molecule has 0 heterocycles. The Morgan fingerprint density at radius 1 is 1.00 bits per heavy atom. The van der Waals surface area contributed by atoms with Crippen LogP contribution in [0, 0.1) is 12.8 Å². The van der Waals surface area contributed by atoms with Gasteiger partial charge in [0.25, 0.3) is 0 Å². The Labute approximate surface area is 228 Å². The first-order valence-electron chi connectivity index (χ1n) is 13.6. The molecule has 2 aromatic carbocycles. The molecule has 0 spiro atoms. The lowest BCUT2D eigenvalue weighted by Gasteiger charge is -2.36. The normalized spacial score (nSPS) is 13.7. The first-order chi connectivity index (χ1) is 18.0. The first-order valence-corrected chi connectivity index (χ1v) is 13.6. The van der Waals surface area contributed by atoms with Gasteiger partial charge in [-0.1, -0.05) is 93.8 Å². The molecule has 0 bridgehead atoms. The number of hydrogen-bond donors (Lipinski definition) is 2. The summed E-state index contributed by atoms with van der Waals surface area (Å²) in [6.45, 7) is 14.0. The van der Waals surface area contributed by atoms with Crippen molar-refractivity contribution in [2.24, 2.45) is 5.92 Å². The number of unbranched alkanes of at least 4 members (excludes halogenated alkanes) is 1. The summed E-state index contributed by atoms with van der Waals surface area (Å²) in [5, 5.41) is 5.85. The number of ether oxygens (including phenoxy) is 1. The van der Waals surface area contributed by atoms with E-state index in [-0.39, 0.29) is 17.7 Å². The van der Waals surface area contributed by atoms with Crippen molar-refractivity contribution in [3.63, 3.8) is 0 Å². The Morgan fingerprint density at radius 3 is 2.26 bits per heavy atom. The van der Waals surface area contributed by atoms with E-state index in [0.29, 0.717) is 19.5 Å². The number of benzene rings is 2. The molecule has 2 N–H and O–H groups in total. The summed E-state index contributed by atoms with van der Waals surface area (Å²) in [7, 11) is 0. The Balaban J connectivity index is 2.47. The molecule has 7 nitrogen and oxygen atoms in total. The van der Waals surface area contributed by atoms with Crippen LogP contribution in [0.25, 0.3) is 0 Å². The van der Waals surface area contributed by atoms with E-state index in [1.165, 1.54) is 0 Å². The van der Waals surface area contributed by atoms with Crippen molar-refractivity contribution in [3.05, 3.63) is 71.3 Å². The number of nitrogens with zero attached hydrogens (tertiary/aromatic N) is 1. The Kier molecular flexibility index (Phi) is 11.8. The van der Waals surface area contributed by atoms with Crippen LogP contribution in [0.5, 0.6) is 0 Å². The molecule has 7 heteroatoms. The fourth-order valence-electron chi connectivity index (χ4n) is 4.19. The molecule has 0 aromatic heterocycles. The molecule has 208 valence electrons. The molecule has 3 unspecified atom stereocenters. The molecular formula is C31H45N3O4. The van der Waals surface area contributed by atoms with Crippen LogP contribution in [0.4, 0.5) is 4.79 Å². The number of nitrogens with one attached hydrogen (secondary N) is 2. The van der Waals surface area contributed by atoms with E-state index in [4.69, 9.17) is 4.74 Å². The van der Waals surface area contributed by atoms with Crippen LogP contribution in [-0.4, -0.2) is 41.0 Å². The van der Waals surface area contributed by atoms with Gasteiger partial charge in [0.2, 0.25) is 11.8 Å². The van der Waals surface area contributed by atoms with Crippen LogP contribution in [0.15, 0.2) is 54.6 Å². The van der Waals surface area contributed by atoms with Gasteiger partial charge in [-0.3, -0.25) is 9.59 Å². The summed E-state index contributed by atoms with van der Waals surface area (Å²) < 4.78 is 5.47. The van der Waals surface area contributed by atoms with Gasteiger partial charge < -0.3 is 20.3 Å². The minimum atomic E-state index is -0.843. The number of carbonyl (C=O) groups is 3. The maximum atomic E-state index is 14.2. The monoisotopic (exact) mass is 523 g/mol. The maximum absolute atomic E-state index is 14.2. The van der Waals surface area contributed by atoms with Crippen molar-refractivity contribution in [2.75, 3.05) is 6.54 Å². The lowest BCUT2D eigenvalue weighted by Crippen LogP contribution is -2.55. The molecule has 0 aliphatic carbocycles. The third-order valence-corrected chi connectivity index (χ3v) is 6.41. The second kappa shape index (κ2) is 14.6. The van der Waals surface area contributed by atoms with Gasteiger partial charge in [-0.15, -0.1) is 0 Å². The van der Waals surface area contributed by atoms with E-state index in [1.54, 1.807) is 25.7 Å². The number of rotatable bonds is 12. The van der Waals surface area contributed by atoms with Gasteiger partial charge in [-0.2, -0.15) is 0 Å². The number of amides is 3. The van der Waals surface area contributed by atoms with Crippen LogP contribution in [0.3, 0.4) is 0 Å². The predicted octanol–water partition coefficient (Wildman–Crippen LogP) is 5.92. The summed E-state index contributed by atoms with van der Waals surface area (Å²) in [4.78, 5) is 42.4. The highest BCUT2D eigenvalue weighted by atomic mass is 16.6. The molecule has 0 fully saturated rings. The van der Waals surface area contributed by atoms with Crippen molar-refractivity contribution in [1.82, 2.24) is 15.5 Å². The van der Waals surface area contributed by atoms with Gasteiger partial charge in [0, 0.05) is 13.1 Å². The fourth-order valence-corrected chi connectivity index (χ4v) is 4.19. The van der Waals surface area contributed by atoms with Crippen molar-refractivity contribution in [3.8, 4) is 0 Å². The van der Waals surface area contributed by atoms with Gasteiger partial charge in [0.1, 0.15) is 17.7 Å². The fraction of sp³-hybridized carbons (Fsp3) is 0.516. The van der Waals surface area contributed by atoms with E-state index in [1.807, 2.05) is 82.3 Å². The van der Waals surface area contributed by atoms with Crippen molar-refractivity contribution < 1.29 is 19.1 Å². The molecule has 2 aromatic rings. The highest BCUT2D eigenvalue weighted by Crippen LogP contribution is 2.26. The third-order valence-electron chi connectivity index (χ3n) is 6.41. The van der Waals surface area contributed by atoms with E-state index < -0.39 is 23.8 Å². The van der Waals surface area contributed by atoms with E-state index in [0.717, 1.165) is 29.5 Å². The van der Waals surface area contributed by atoms with Gasteiger partial charge in [-0.05, 0) is 51.2 Å². The smallest absolute Gasteiger partial charge is 0.408 e. The standard InChI is InChI=1S/C31H45N3O4/c1-8-10-19-34(29(36)26(23(4)9-2)33-30(37)38-31(5,6)7)27(25-18-14-15-22(3)20-25)28(35)32-21-24-16-12-11-13-17-24/h11-18,20,23,26-27H,8-10,19,21H2,1-7H3,(H,32,35)(H,33,37). The quantitative estimate of drug-likeness (QED) is 0.361. The van der Waals surface area contributed by atoms with Gasteiger partial charge in [0.05, 0.1) is 0 Å². The predicted molar refractivity (Wildman–Crippen MR) is 151 cm³/mol. The van der Waals surface area contributed by atoms with Crippen LogP contribution in [0.2, 0.25) is 0 Å². The molecule has 2 rings (SSSR count). The van der Waals surface area contributed by atoms with Crippen LogP contribution >= 0.6 is 0 Å². The maximum Gasteiger partial charge on any atom is 0.408 e. The number of alkyl carbamates (subject to hydrolysis) is 1. The summed E-state index contributed by atoms with van der Waals surface area (Å²) >= 11 is 0. The van der Waals surface area contributed by atoms with Gasteiger partial charge >= 0.3 is 6.09 Å². The Hall–Kier alpha value is -3.35. The Bertz CT molecular complexity index is 1050. The molecule has 3 amide bonds. The summed E-state index contributed by atoms with van der Waals surface area (Å²) in [5.41, 5.74) is 2.01. The Morgan fingerprint density at radius 2 is 1.68 bits per heavy atom. The van der Waals surface area contributed by atoms with Gasteiger partial charge in [-0.25, -0.2) is 4.79 Å². The number of hydrogen-bond acceptors (Lipinski definition) is 4. The van der Waals surface area contributed by atoms with Gasteiger partial charge in [0.15, 0.2) is 0 Å². The summed E-state index contributed by atoms with van der Waals surface area (Å²) in [6.07, 6.45) is 1.60. The highest BCUT2D eigenvalue weighted by molar-refractivity contribution is 5.92. The minimum absolute atomic E-state index is 0.162. The zero-order valence-electron chi connectivity index (χ0n) is 24.0. The second-order valence-electron chi connectivity index (χ2n) is 10.9. The summed E-state index contributed by atoms with van der Waals surface area (Å²) in [5.74, 6) is -0.714. The summed E-state index contributed by atoms with van der Waals surface area (Å²) in [6, 6.07) is 15.7. The highest BCUT2D eigenvalue weighted by Gasteiger charge is 2.37. The minimum Gasteiger partial charge on any atom is -0.444 e. The average Bonchev–Trinajstić information content (AvgIpc) is 2.87. The zero-order chi connectivity index (χ0) is 28.3. The molecule has 0 saturated carbocycles. The SMILES string of the molecule is CCCCN(C(=O)C(NC(=O)OC(C)(C)C)C(C)CC)C(C(=O)NCc1ccccc1)c1cccc(C)c1. The second-order valence-corrected chi connectivity index (χ2v) is 10.9. The lowest BCUT2D eigenvalue weighted by atomic mass is 9.95. The van der Waals surface area contributed by atoms with Crippen molar-refractivity contribution in [2.45, 2.75) is 92.0 Å². The molecule has 3 atom stereocenters. The third kappa shape index (κ3) is 9.51. The van der Waals surface area contributed by atoms with E-state index >= 15 is 0 Å². The molecule has 0 aliphatic rings. The van der Waals surface area contributed by atoms with Crippen LogP contribution in [0.1, 0.15) is 83.5 Å². The van der Waals surface area contributed by atoms with Crippen LogP contribution in [-0.2, 0) is 20.9 Å². The molecule has 0 aliphatic heterocycles. The molecule has 38 heavy (non-hydrogen) atoms. The molecule has 0 radical (unpaired) electrons. The molecular weight excluding hydrogens is 478 g/mol. The average molecular weight is 524 g/mol. The first kappa shape index (κ1) is 30.9. The van der Waals surface area contributed by atoms with Crippen molar-refractivity contribution in [1.29, 1.82) is 0 Å². The van der Waals surface area contributed by atoms with Crippen molar-refractivity contribution >= 4 is 17.9 Å². The van der Waals surface area contributed by atoms with E-state index in [2.05, 4.69) is 10.6 Å². The van der Waals surface area contributed by atoms with E-state index in [9.17, 15) is 14.4 Å². The molecule has 0 saturated heterocycles. The number of carbonyl (C=O) groups excluding carboxylic acids is 3.